The molecule has 0 fully saturated rings. The van der Waals surface area contributed by atoms with Gasteiger partial charge in [-0.05, 0) is 32.0 Å². The summed E-state index contributed by atoms with van der Waals surface area (Å²) >= 11 is 5.78. The first kappa shape index (κ1) is 13.8. The zero-order valence-electron chi connectivity index (χ0n) is 10.00. The minimum atomic E-state index is -0.181. The Morgan fingerprint density at radius 1 is 1.59 bits per heavy atom. The number of rotatable bonds is 5. The Labute approximate surface area is 106 Å². The standard InChI is InChI=1S/C12H17ClN2O2/c1-3-17-8(2)7-15-12(16)9-4-5-10(13)11(14)6-9/h4-6,8H,3,7,14H2,1-2H3,(H,15,16). The van der Waals surface area contributed by atoms with Gasteiger partial charge in [0.1, 0.15) is 0 Å². The minimum absolute atomic E-state index is 0.00593. The molecule has 1 unspecified atom stereocenters. The van der Waals surface area contributed by atoms with Gasteiger partial charge in [0.25, 0.3) is 5.91 Å². The van der Waals surface area contributed by atoms with Crippen LogP contribution < -0.4 is 11.1 Å². The molecule has 0 bridgehead atoms. The fourth-order valence-electron chi connectivity index (χ4n) is 1.37. The lowest BCUT2D eigenvalue weighted by Crippen LogP contribution is -2.32. The fraction of sp³-hybridized carbons (Fsp3) is 0.417. The van der Waals surface area contributed by atoms with Crippen LogP contribution in [0.25, 0.3) is 0 Å². The zero-order valence-corrected chi connectivity index (χ0v) is 10.8. The van der Waals surface area contributed by atoms with E-state index in [0.29, 0.717) is 29.4 Å². The molecule has 0 radical (unpaired) electrons. The molecule has 4 nitrogen and oxygen atoms in total. The molecule has 0 aromatic heterocycles. The molecule has 1 aromatic rings. The lowest BCUT2D eigenvalue weighted by Gasteiger charge is -2.12. The van der Waals surface area contributed by atoms with Gasteiger partial charge in [-0.3, -0.25) is 4.79 Å². The Hall–Kier alpha value is -1.26. The quantitative estimate of drug-likeness (QED) is 0.793. The smallest absolute Gasteiger partial charge is 0.251 e. The largest absolute Gasteiger partial charge is 0.398 e. The van der Waals surface area contributed by atoms with E-state index in [0.717, 1.165) is 0 Å². The fourth-order valence-corrected chi connectivity index (χ4v) is 1.48. The maximum absolute atomic E-state index is 11.8. The molecule has 94 valence electrons. The molecule has 0 aliphatic carbocycles. The van der Waals surface area contributed by atoms with Gasteiger partial charge in [0.05, 0.1) is 16.8 Å². The number of nitrogens with two attached hydrogens (primary N) is 1. The monoisotopic (exact) mass is 256 g/mol. The highest BCUT2D eigenvalue weighted by Crippen LogP contribution is 2.19. The lowest BCUT2D eigenvalue weighted by atomic mass is 10.2. The second-order valence-electron chi connectivity index (χ2n) is 3.71. The van der Waals surface area contributed by atoms with Crippen molar-refractivity contribution < 1.29 is 9.53 Å². The van der Waals surface area contributed by atoms with Gasteiger partial charge >= 0.3 is 0 Å². The number of carbonyl (C=O) groups excluding carboxylic acids is 1. The Morgan fingerprint density at radius 3 is 2.88 bits per heavy atom. The number of nitrogens with one attached hydrogen (secondary N) is 1. The van der Waals surface area contributed by atoms with Gasteiger partial charge in [-0.2, -0.15) is 0 Å². The minimum Gasteiger partial charge on any atom is -0.398 e. The van der Waals surface area contributed by atoms with Crippen LogP contribution in [0.2, 0.25) is 5.02 Å². The van der Waals surface area contributed by atoms with E-state index in [9.17, 15) is 4.79 Å². The number of halogens is 1. The number of nitrogen functional groups attached to an aromatic ring is 1. The van der Waals surface area contributed by atoms with Gasteiger partial charge < -0.3 is 15.8 Å². The third kappa shape index (κ3) is 4.24. The van der Waals surface area contributed by atoms with Crippen molar-refractivity contribution in [1.29, 1.82) is 0 Å². The summed E-state index contributed by atoms with van der Waals surface area (Å²) in [5, 5.41) is 3.22. The van der Waals surface area contributed by atoms with Crippen molar-refractivity contribution in [1.82, 2.24) is 5.32 Å². The van der Waals surface area contributed by atoms with E-state index >= 15 is 0 Å². The van der Waals surface area contributed by atoms with Crippen LogP contribution in [0.15, 0.2) is 18.2 Å². The molecule has 5 heteroatoms. The molecule has 0 spiro atoms. The highest BCUT2D eigenvalue weighted by atomic mass is 35.5. The Balaban J connectivity index is 2.55. The summed E-state index contributed by atoms with van der Waals surface area (Å²) in [7, 11) is 0. The first-order valence-electron chi connectivity index (χ1n) is 5.49. The van der Waals surface area contributed by atoms with E-state index in [1.807, 2.05) is 13.8 Å². The van der Waals surface area contributed by atoms with Crippen LogP contribution >= 0.6 is 11.6 Å². The summed E-state index contributed by atoms with van der Waals surface area (Å²) in [5.41, 5.74) is 6.52. The van der Waals surface area contributed by atoms with Crippen molar-refractivity contribution in [3.8, 4) is 0 Å². The second kappa shape index (κ2) is 6.47. The molecule has 1 atom stereocenters. The summed E-state index contributed by atoms with van der Waals surface area (Å²) < 4.78 is 5.31. The number of ether oxygens (including phenoxy) is 1. The van der Waals surface area contributed by atoms with Gasteiger partial charge in [-0.25, -0.2) is 0 Å². The molecular weight excluding hydrogens is 240 g/mol. The average Bonchev–Trinajstić information content (AvgIpc) is 2.30. The molecule has 17 heavy (non-hydrogen) atoms. The summed E-state index contributed by atoms with van der Waals surface area (Å²) in [6.07, 6.45) is -0.00593. The highest BCUT2D eigenvalue weighted by molar-refractivity contribution is 6.33. The van der Waals surface area contributed by atoms with E-state index in [1.54, 1.807) is 18.2 Å². The van der Waals surface area contributed by atoms with Crippen molar-refractivity contribution in [3.05, 3.63) is 28.8 Å². The third-order valence-corrected chi connectivity index (χ3v) is 2.60. The van der Waals surface area contributed by atoms with Crippen molar-refractivity contribution in [3.63, 3.8) is 0 Å². The first-order chi connectivity index (χ1) is 8.04. The predicted molar refractivity (Wildman–Crippen MR) is 69.3 cm³/mol. The molecule has 1 amide bonds. The van der Waals surface area contributed by atoms with Crippen molar-refractivity contribution >= 4 is 23.2 Å². The maximum Gasteiger partial charge on any atom is 0.251 e. The summed E-state index contributed by atoms with van der Waals surface area (Å²) in [5.74, 6) is -0.181. The molecule has 1 aromatic carbocycles. The second-order valence-corrected chi connectivity index (χ2v) is 4.12. The van der Waals surface area contributed by atoms with Crippen molar-refractivity contribution in [2.75, 3.05) is 18.9 Å². The van der Waals surface area contributed by atoms with E-state index in [1.165, 1.54) is 0 Å². The molecular formula is C12H17ClN2O2. The molecule has 1 rings (SSSR count). The molecule has 0 saturated heterocycles. The third-order valence-electron chi connectivity index (χ3n) is 2.26. The SMILES string of the molecule is CCOC(C)CNC(=O)c1ccc(Cl)c(N)c1. The van der Waals surface area contributed by atoms with Crippen LogP contribution in [0.4, 0.5) is 5.69 Å². The summed E-state index contributed by atoms with van der Waals surface area (Å²) in [6.45, 7) is 4.92. The lowest BCUT2D eigenvalue weighted by molar-refractivity contribution is 0.0695. The number of hydrogen-bond acceptors (Lipinski definition) is 3. The molecule has 3 N–H and O–H groups in total. The van der Waals surface area contributed by atoms with Gasteiger partial charge in [0, 0.05) is 18.7 Å². The molecule has 0 saturated carbocycles. The normalized spacial score (nSPS) is 12.2. The maximum atomic E-state index is 11.8. The summed E-state index contributed by atoms with van der Waals surface area (Å²) in [6, 6.07) is 4.81. The van der Waals surface area contributed by atoms with Gasteiger partial charge in [0.15, 0.2) is 0 Å². The Bertz CT molecular complexity index is 396. The number of carbonyl (C=O) groups is 1. The zero-order chi connectivity index (χ0) is 12.8. The van der Waals surface area contributed by atoms with Crippen LogP contribution in [-0.4, -0.2) is 25.2 Å². The van der Waals surface area contributed by atoms with Crippen LogP contribution in [0.1, 0.15) is 24.2 Å². The van der Waals surface area contributed by atoms with Gasteiger partial charge in [0.2, 0.25) is 0 Å². The molecule has 0 aliphatic rings. The van der Waals surface area contributed by atoms with Gasteiger partial charge in [-0.1, -0.05) is 11.6 Å². The first-order valence-corrected chi connectivity index (χ1v) is 5.87. The molecule has 0 aliphatic heterocycles. The van der Waals surface area contributed by atoms with Crippen LogP contribution in [0.5, 0.6) is 0 Å². The van der Waals surface area contributed by atoms with E-state index in [2.05, 4.69) is 5.32 Å². The van der Waals surface area contributed by atoms with Gasteiger partial charge in [-0.15, -0.1) is 0 Å². The Kier molecular flexibility index (Phi) is 5.25. The molecule has 0 heterocycles. The van der Waals surface area contributed by atoms with Crippen molar-refractivity contribution in [2.45, 2.75) is 20.0 Å². The number of benzene rings is 1. The number of amides is 1. The highest BCUT2D eigenvalue weighted by Gasteiger charge is 2.09. The van der Waals surface area contributed by atoms with Crippen molar-refractivity contribution in [2.24, 2.45) is 0 Å². The van der Waals surface area contributed by atoms with Crippen LogP contribution in [0, 0.1) is 0 Å². The van der Waals surface area contributed by atoms with Crippen LogP contribution in [-0.2, 0) is 4.74 Å². The van der Waals surface area contributed by atoms with E-state index in [4.69, 9.17) is 22.1 Å². The van der Waals surface area contributed by atoms with E-state index in [-0.39, 0.29) is 12.0 Å². The summed E-state index contributed by atoms with van der Waals surface area (Å²) in [4.78, 5) is 11.8. The van der Waals surface area contributed by atoms with E-state index < -0.39 is 0 Å². The Morgan fingerprint density at radius 2 is 2.29 bits per heavy atom. The number of anilines is 1. The number of hydrogen-bond donors (Lipinski definition) is 2. The van der Waals surface area contributed by atoms with Crippen LogP contribution in [0.3, 0.4) is 0 Å². The predicted octanol–water partition coefficient (Wildman–Crippen LogP) is 2.08. The topological polar surface area (TPSA) is 64.3 Å². The average molecular weight is 257 g/mol.